The van der Waals surface area contributed by atoms with E-state index in [0.717, 1.165) is 60.8 Å². The molecule has 14 heteroatoms. The highest BCUT2D eigenvalue weighted by molar-refractivity contribution is 5.94. The summed E-state index contributed by atoms with van der Waals surface area (Å²) in [7, 11) is 1.73. The van der Waals surface area contributed by atoms with Crippen LogP contribution in [0.15, 0.2) is 72.8 Å². The van der Waals surface area contributed by atoms with Crippen molar-refractivity contribution in [3.63, 3.8) is 0 Å². The lowest BCUT2D eigenvalue weighted by atomic mass is 9.76. The number of likely N-dealkylation sites (tertiary alicyclic amines) is 2. The average molecular weight is 1020 g/mol. The molecule has 2 heterocycles. The summed E-state index contributed by atoms with van der Waals surface area (Å²) < 4.78 is 13.0. The predicted molar refractivity (Wildman–Crippen MR) is 286 cm³/mol. The van der Waals surface area contributed by atoms with Gasteiger partial charge in [0.05, 0.1) is 43.5 Å². The fraction of sp³-hybridized carbons (Fsp3) is 0.600. The number of hydrogen-bond acceptors (Lipinski definition) is 9. The summed E-state index contributed by atoms with van der Waals surface area (Å²) in [6.07, 6.45) is 5.94. The molecule has 2 aliphatic carbocycles. The maximum atomic E-state index is 14.7. The first kappa shape index (κ1) is 56.3. The third-order valence-corrected chi connectivity index (χ3v) is 16.2. The minimum atomic E-state index is -0.845. The highest BCUT2D eigenvalue weighted by atomic mass is 16.5. The molecule has 7 rings (SSSR count). The van der Waals surface area contributed by atoms with Crippen molar-refractivity contribution in [2.75, 3.05) is 20.1 Å². The number of nitrogens with one attached hydrogen (secondary N) is 4. The van der Waals surface area contributed by atoms with Crippen molar-refractivity contribution < 1.29 is 38.2 Å². The van der Waals surface area contributed by atoms with Crippen LogP contribution >= 0.6 is 0 Å². The van der Waals surface area contributed by atoms with Gasteiger partial charge in [-0.15, -0.1) is 0 Å². The molecule has 3 aromatic carbocycles. The number of hydrogen-bond donors (Lipinski definition) is 4. The van der Waals surface area contributed by atoms with E-state index >= 15 is 0 Å². The van der Waals surface area contributed by atoms with E-state index in [4.69, 9.17) is 9.47 Å². The molecule has 0 spiro atoms. The standard InChI is InChI=1S/C60H84N6O8/c1-11-37(2)54(68)64-53(60(7,8)9)58(72)66-34-44(31-51(66)56(70)63-49-25-17-21-42-19-13-15-23-46(42)49)74-36-40-28-26-39(27-29-40)35-73-43-30-50(55(69)62-48-24-16-20-41-18-12-14-22-45(41)48)65(33-43)57(71)47(59(4,5)6)32-52(67)38(3)61-10/h12-15,18-19,22-23,26-29,37-38,43-44,47-51,53,61H,11,16-17,20-21,24-25,30-36H2,1-10H3,(H,62,69)(H,63,70)(H,64,68)/t37-,38+,43+,44+,47-,48-,49-,50+,51+,53-/m1/s1. The molecule has 5 amide bonds. The lowest BCUT2D eigenvalue weighted by Crippen LogP contribution is -2.58. The van der Waals surface area contributed by atoms with Gasteiger partial charge in [-0.3, -0.25) is 28.8 Å². The van der Waals surface area contributed by atoms with E-state index in [0.29, 0.717) is 19.3 Å². The van der Waals surface area contributed by atoms with Crippen molar-refractivity contribution in [3.05, 3.63) is 106 Å². The first-order valence-corrected chi connectivity index (χ1v) is 27.3. The number of amides is 5. The predicted octanol–water partition coefficient (Wildman–Crippen LogP) is 7.85. The zero-order valence-corrected chi connectivity index (χ0v) is 45.8. The number of likely N-dealkylation sites (N-methyl/N-ethyl adjacent to an activating group) is 1. The van der Waals surface area contributed by atoms with E-state index in [9.17, 15) is 28.8 Å². The van der Waals surface area contributed by atoms with Crippen molar-refractivity contribution >= 4 is 35.3 Å². The summed E-state index contributed by atoms with van der Waals surface area (Å²) in [6, 6.07) is 21.2. The van der Waals surface area contributed by atoms with Crippen molar-refractivity contribution in [1.82, 2.24) is 31.1 Å². The second-order valence-corrected chi connectivity index (χ2v) is 23.7. The summed E-state index contributed by atoms with van der Waals surface area (Å²) in [6.45, 7) is 18.2. The molecule has 0 aromatic heterocycles. The van der Waals surface area contributed by atoms with Gasteiger partial charge in [0.15, 0.2) is 0 Å². The average Bonchev–Trinajstić information content (AvgIpc) is 4.03. The molecule has 2 aliphatic heterocycles. The zero-order chi connectivity index (χ0) is 53.5. The number of ether oxygens (including phenoxy) is 2. The van der Waals surface area contributed by atoms with Gasteiger partial charge < -0.3 is 40.5 Å². The summed E-state index contributed by atoms with van der Waals surface area (Å²) in [5.74, 6) is -2.10. The number of ketones is 1. The second-order valence-electron chi connectivity index (χ2n) is 23.7. The van der Waals surface area contributed by atoms with E-state index in [-0.39, 0.29) is 86.0 Å². The fourth-order valence-electron chi connectivity index (χ4n) is 11.1. The lowest BCUT2D eigenvalue weighted by molar-refractivity contribution is -0.146. The van der Waals surface area contributed by atoms with Gasteiger partial charge >= 0.3 is 0 Å². The smallest absolute Gasteiger partial charge is 0.246 e. The highest BCUT2D eigenvalue weighted by Crippen LogP contribution is 2.37. The molecule has 402 valence electrons. The second kappa shape index (κ2) is 24.5. The maximum absolute atomic E-state index is 14.7. The Balaban J connectivity index is 1.02. The molecule has 3 aromatic rings. The molecule has 2 fully saturated rings. The number of carbonyl (C=O) groups is 6. The maximum Gasteiger partial charge on any atom is 0.246 e. The Bertz CT molecular complexity index is 2290. The van der Waals surface area contributed by atoms with Crippen LogP contribution in [0.2, 0.25) is 0 Å². The minimum Gasteiger partial charge on any atom is -0.372 e. The third-order valence-electron chi connectivity index (χ3n) is 16.2. The Morgan fingerprint density at radius 2 is 1.11 bits per heavy atom. The van der Waals surface area contributed by atoms with Crippen LogP contribution < -0.4 is 21.3 Å². The Hall–Kier alpha value is -5.44. The van der Waals surface area contributed by atoms with Crippen molar-refractivity contribution in [3.8, 4) is 0 Å². The molecule has 4 aliphatic rings. The van der Waals surface area contributed by atoms with E-state index < -0.39 is 53.1 Å². The van der Waals surface area contributed by atoms with Crippen LogP contribution in [0.3, 0.4) is 0 Å². The number of rotatable bonds is 19. The number of fused-ring (bicyclic) bond motifs is 2. The Labute approximate surface area is 440 Å². The topological polar surface area (TPSA) is 175 Å². The van der Waals surface area contributed by atoms with E-state index in [1.165, 1.54) is 11.1 Å². The van der Waals surface area contributed by atoms with Gasteiger partial charge in [0.2, 0.25) is 29.5 Å². The molecular formula is C60H84N6O8. The molecule has 74 heavy (non-hydrogen) atoms. The van der Waals surface area contributed by atoms with Gasteiger partial charge in [-0.05, 0) is 103 Å². The summed E-state index contributed by atoms with van der Waals surface area (Å²) >= 11 is 0. The van der Waals surface area contributed by atoms with E-state index in [2.05, 4.69) is 45.5 Å². The number of Topliss-reactive ketones (excluding diaryl/α,β-unsaturated/α-hetero) is 1. The molecule has 0 saturated carbocycles. The van der Waals surface area contributed by atoms with Crippen LogP contribution in [0.25, 0.3) is 0 Å². The number of carbonyl (C=O) groups excluding carboxylic acids is 6. The molecular weight excluding hydrogens is 933 g/mol. The molecule has 2 saturated heterocycles. The summed E-state index contributed by atoms with van der Waals surface area (Å²) in [4.78, 5) is 87.8. The Morgan fingerprint density at radius 3 is 1.54 bits per heavy atom. The summed E-state index contributed by atoms with van der Waals surface area (Å²) in [5, 5.41) is 12.7. The molecule has 0 radical (unpaired) electrons. The van der Waals surface area contributed by atoms with Gasteiger partial charge in [0, 0.05) is 44.2 Å². The van der Waals surface area contributed by atoms with E-state index in [1.54, 1.807) is 23.8 Å². The van der Waals surface area contributed by atoms with E-state index in [1.807, 2.05) is 104 Å². The lowest BCUT2D eigenvalue weighted by Gasteiger charge is -2.36. The number of nitrogens with zero attached hydrogens (tertiary/aromatic N) is 2. The van der Waals surface area contributed by atoms with Gasteiger partial charge in [-0.25, -0.2) is 0 Å². The monoisotopic (exact) mass is 1020 g/mol. The van der Waals surface area contributed by atoms with Crippen molar-refractivity contribution in [2.45, 2.75) is 188 Å². The normalized spacial score (nSPS) is 23.4. The molecule has 14 nitrogen and oxygen atoms in total. The van der Waals surface area contributed by atoms with Crippen LogP contribution in [0.1, 0.15) is 159 Å². The van der Waals surface area contributed by atoms with Crippen molar-refractivity contribution in [2.24, 2.45) is 22.7 Å². The van der Waals surface area contributed by atoms with Gasteiger partial charge in [0.1, 0.15) is 23.9 Å². The molecule has 4 N–H and O–H groups in total. The number of aryl methyl sites for hydroxylation is 2. The van der Waals surface area contributed by atoms with Crippen LogP contribution in [0.5, 0.6) is 0 Å². The quantitative estimate of drug-likeness (QED) is 0.0933. The molecule has 0 unspecified atom stereocenters. The first-order chi connectivity index (χ1) is 35.2. The Morgan fingerprint density at radius 1 is 0.649 bits per heavy atom. The minimum absolute atomic E-state index is 0.0524. The summed E-state index contributed by atoms with van der Waals surface area (Å²) in [5.41, 5.74) is 5.33. The van der Waals surface area contributed by atoms with Crippen molar-refractivity contribution in [1.29, 1.82) is 0 Å². The third kappa shape index (κ3) is 13.7. The largest absolute Gasteiger partial charge is 0.372 e. The zero-order valence-electron chi connectivity index (χ0n) is 45.8. The van der Waals surface area contributed by atoms with Gasteiger partial charge in [0.25, 0.3) is 0 Å². The highest BCUT2D eigenvalue weighted by Gasteiger charge is 2.48. The van der Waals surface area contributed by atoms with Crippen LogP contribution in [0, 0.1) is 22.7 Å². The first-order valence-electron chi connectivity index (χ1n) is 27.3. The van der Waals surface area contributed by atoms with Crippen LogP contribution in [-0.4, -0.2) is 102 Å². The molecule has 0 bridgehead atoms. The Kier molecular flexibility index (Phi) is 18.6. The van der Waals surface area contributed by atoms with Gasteiger partial charge in [-0.2, -0.15) is 0 Å². The van der Waals surface area contributed by atoms with Gasteiger partial charge in [-0.1, -0.05) is 128 Å². The number of benzene rings is 3. The van der Waals surface area contributed by atoms with Crippen LogP contribution in [-0.2, 0) is 64.3 Å². The SMILES string of the molecule is CC[C@@H](C)C(=O)N[C@H](C(=O)N1C[C@@H](OCc2ccc(CO[C@H]3C[C@@H](C(=O)N[C@@H]4CCCc5ccccc54)N(C(=O)[C@@H](CC(=O)[C@H](C)NC)C(C)(C)C)C3)cc2)C[C@H]1C(=O)N[C@@H]1CCCc2ccccc21)C(C)(C)C. The van der Waals surface area contributed by atoms with Crippen LogP contribution in [0.4, 0.5) is 0 Å². The fourth-order valence-corrected chi connectivity index (χ4v) is 11.1. The molecule has 10 atom stereocenters.